The van der Waals surface area contributed by atoms with Crippen molar-refractivity contribution in [1.29, 1.82) is 0 Å². The average Bonchev–Trinajstić information content (AvgIpc) is 3.10. The van der Waals surface area contributed by atoms with Gasteiger partial charge in [-0.15, -0.1) is 0 Å². The van der Waals surface area contributed by atoms with Crippen LogP contribution in [0.1, 0.15) is 57.9 Å². The molecule has 5 nitrogen and oxygen atoms in total. The van der Waals surface area contributed by atoms with Crippen LogP contribution in [0.4, 0.5) is 0 Å². The number of likely N-dealkylation sites (N-methyl/N-ethyl adjacent to an activating group) is 1. The molecule has 1 aliphatic rings. The van der Waals surface area contributed by atoms with Crippen molar-refractivity contribution in [3.05, 3.63) is 36.0 Å². The Kier molecular flexibility index (Phi) is 5.88. The third-order valence-electron chi connectivity index (χ3n) is 6.25. The van der Waals surface area contributed by atoms with E-state index in [0.717, 1.165) is 29.3 Å². The van der Waals surface area contributed by atoms with Gasteiger partial charge in [-0.3, -0.25) is 9.59 Å². The summed E-state index contributed by atoms with van der Waals surface area (Å²) >= 11 is 0. The largest absolute Gasteiger partial charge is 0.361 e. The summed E-state index contributed by atoms with van der Waals surface area (Å²) in [5, 5.41) is 4.26. The molecule has 27 heavy (non-hydrogen) atoms. The van der Waals surface area contributed by atoms with Gasteiger partial charge in [0.15, 0.2) is 0 Å². The Morgan fingerprint density at radius 1 is 1.22 bits per heavy atom. The highest BCUT2D eigenvalue weighted by molar-refractivity contribution is 5.93. The Labute approximate surface area is 161 Å². The second-order valence-electron chi connectivity index (χ2n) is 7.92. The average molecular weight is 370 g/mol. The minimum atomic E-state index is -0.833. The molecule has 0 saturated heterocycles. The van der Waals surface area contributed by atoms with E-state index in [4.69, 9.17) is 0 Å². The van der Waals surface area contributed by atoms with Crippen LogP contribution in [0, 0.1) is 0 Å². The minimum Gasteiger partial charge on any atom is -0.361 e. The fourth-order valence-electron chi connectivity index (χ4n) is 3.97. The summed E-state index contributed by atoms with van der Waals surface area (Å²) in [6.45, 7) is 3.84. The molecule has 1 atom stereocenters. The number of hydrogen-bond acceptors (Lipinski definition) is 2. The maximum Gasteiger partial charge on any atom is 0.245 e. The van der Waals surface area contributed by atoms with Crippen LogP contribution in [0.3, 0.4) is 0 Å². The molecule has 5 heteroatoms. The molecule has 0 spiro atoms. The van der Waals surface area contributed by atoms with Gasteiger partial charge in [-0.2, -0.15) is 0 Å². The number of nitrogens with zero attached hydrogens (tertiary/aromatic N) is 1. The molecule has 1 fully saturated rings. The van der Waals surface area contributed by atoms with Crippen molar-refractivity contribution in [3.63, 3.8) is 0 Å². The lowest BCUT2D eigenvalue weighted by atomic mass is 9.91. The quantitative estimate of drug-likeness (QED) is 0.814. The van der Waals surface area contributed by atoms with Crippen molar-refractivity contribution < 1.29 is 9.59 Å². The van der Waals surface area contributed by atoms with Crippen molar-refractivity contribution in [2.75, 3.05) is 7.05 Å². The zero-order valence-corrected chi connectivity index (χ0v) is 16.7. The number of amides is 2. The number of para-hydroxylation sites is 1. The number of carbonyl (C=O) groups excluding carboxylic acids is 2. The van der Waals surface area contributed by atoms with Gasteiger partial charge < -0.3 is 15.2 Å². The molecule has 3 rings (SSSR count). The topological polar surface area (TPSA) is 65.2 Å². The van der Waals surface area contributed by atoms with Crippen LogP contribution in [-0.2, 0) is 16.0 Å². The van der Waals surface area contributed by atoms with Gasteiger partial charge in [-0.05, 0) is 37.8 Å². The smallest absolute Gasteiger partial charge is 0.245 e. The zero-order valence-electron chi connectivity index (χ0n) is 16.7. The molecule has 1 aliphatic carbocycles. The highest BCUT2D eigenvalue weighted by Gasteiger charge is 2.39. The van der Waals surface area contributed by atoms with Crippen molar-refractivity contribution in [2.24, 2.45) is 0 Å². The first-order valence-corrected chi connectivity index (χ1v) is 10.1. The monoisotopic (exact) mass is 369 g/mol. The fourth-order valence-corrected chi connectivity index (χ4v) is 3.97. The number of hydrogen-bond donors (Lipinski definition) is 2. The van der Waals surface area contributed by atoms with E-state index in [9.17, 15) is 9.59 Å². The molecule has 1 aromatic carbocycles. The van der Waals surface area contributed by atoms with E-state index in [1.165, 1.54) is 19.3 Å². The fraction of sp³-hybridized carbons (Fsp3) is 0.545. The Morgan fingerprint density at radius 3 is 2.63 bits per heavy atom. The third-order valence-corrected chi connectivity index (χ3v) is 6.25. The lowest BCUT2D eigenvalue weighted by Crippen LogP contribution is -2.59. The molecular formula is C22H31N3O2. The van der Waals surface area contributed by atoms with E-state index in [1.54, 1.807) is 11.9 Å². The Morgan fingerprint density at radius 2 is 1.93 bits per heavy atom. The second kappa shape index (κ2) is 8.15. The summed E-state index contributed by atoms with van der Waals surface area (Å²) in [6, 6.07) is 8.21. The van der Waals surface area contributed by atoms with Crippen LogP contribution in [0.5, 0.6) is 0 Å². The maximum absolute atomic E-state index is 13.0. The molecule has 2 amide bonds. The van der Waals surface area contributed by atoms with Crippen LogP contribution < -0.4 is 5.32 Å². The Bertz CT molecular complexity index is 807. The Balaban J connectivity index is 1.71. The van der Waals surface area contributed by atoms with Gasteiger partial charge in [-0.25, -0.2) is 0 Å². The minimum absolute atomic E-state index is 0.0355. The molecule has 1 aromatic heterocycles. The van der Waals surface area contributed by atoms with Gasteiger partial charge >= 0.3 is 0 Å². The number of aromatic nitrogens is 1. The van der Waals surface area contributed by atoms with Crippen LogP contribution in [0.15, 0.2) is 30.5 Å². The van der Waals surface area contributed by atoms with Gasteiger partial charge in [0.25, 0.3) is 0 Å². The second-order valence-corrected chi connectivity index (χ2v) is 7.92. The highest BCUT2D eigenvalue weighted by atomic mass is 16.2. The lowest BCUT2D eigenvalue weighted by Gasteiger charge is -2.38. The molecule has 146 valence electrons. The standard InChI is InChI=1S/C22H31N3O2/c1-4-22(2,21(27)24-17-10-6-5-7-11-17)25(3)20(26)14-16-15-23-19-13-9-8-12-18(16)19/h8-9,12-13,15,17,23H,4-7,10-11,14H2,1-3H3,(H,24,27). The number of benzene rings is 1. The predicted octanol–water partition coefficient (Wildman–Crippen LogP) is 3.79. The first-order valence-electron chi connectivity index (χ1n) is 10.1. The van der Waals surface area contributed by atoms with E-state index >= 15 is 0 Å². The van der Waals surface area contributed by atoms with Crippen LogP contribution in [0.25, 0.3) is 10.9 Å². The zero-order chi connectivity index (χ0) is 19.4. The third kappa shape index (κ3) is 4.02. The summed E-state index contributed by atoms with van der Waals surface area (Å²) in [5.41, 5.74) is 1.16. The number of aromatic amines is 1. The maximum atomic E-state index is 13.0. The summed E-state index contributed by atoms with van der Waals surface area (Å²) in [7, 11) is 1.75. The molecular weight excluding hydrogens is 338 g/mol. The molecule has 0 aliphatic heterocycles. The van der Waals surface area contributed by atoms with E-state index in [-0.39, 0.29) is 24.3 Å². The van der Waals surface area contributed by atoms with Gasteiger partial charge in [0.05, 0.1) is 6.42 Å². The summed E-state index contributed by atoms with van der Waals surface area (Å²) in [6.07, 6.45) is 8.43. The summed E-state index contributed by atoms with van der Waals surface area (Å²) in [5.74, 6) is -0.0745. The van der Waals surface area contributed by atoms with Crippen LogP contribution in [-0.4, -0.2) is 40.3 Å². The van der Waals surface area contributed by atoms with Gasteiger partial charge in [0.2, 0.25) is 11.8 Å². The predicted molar refractivity (Wildman–Crippen MR) is 108 cm³/mol. The highest BCUT2D eigenvalue weighted by Crippen LogP contribution is 2.24. The lowest BCUT2D eigenvalue weighted by molar-refractivity contribution is -0.145. The Hall–Kier alpha value is -2.30. The molecule has 0 radical (unpaired) electrons. The van der Waals surface area contributed by atoms with Crippen LogP contribution >= 0.6 is 0 Å². The molecule has 2 aromatic rings. The van der Waals surface area contributed by atoms with E-state index < -0.39 is 5.54 Å². The van der Waals surface area contributed by atoms with Crippen molar-refractivity contribution >= 4 is 22.7 Å². The molecule has 1 unspecified atom stereocenters. The SMILES string of the molecule is CCC(C)(C(=O)NC1CCCCC1)N(C)C(=O)Cc1c[nH]c2ccccc12. The van der Waals surface area contributed by atoms with Gasteiger partial charge in [-0.1, -0.05) is 44.4 Å². The number of carbonyl (C=O) groups is 2. The van der Waals surface area contributed by atoms with E-state index in [0.29, 0.717) is 6.42 Å². The van der Waals surface area contributed by atoms with Crippen molar-refractivity contribution in [3.8, 4) is 0 Å². The first kappa shape index (κ1) is 19.5. The number of fused-ring (bicyclic) bond motifs is 1. The first-order chi connectivity index (χ1) is 13.0. The summed E-state index contributed by atoms with van der Waals surface area (Å²) < 4.78 is 0. The molecule has 1 saturated carbocycles. The normalized spacial score (nSPS) is 17.4. The van der Waals surface area contributed by atoms with Gasteiger partial charge in [0.1, 0.15) is 5.54 Å². The van der Waals surface area contributed by atoms with Crippen molar-refractivity contribution in [1.82, 2.24) is 15.2 Å². The van der Waals surface area contributed by atoms with E-state index in [2.05, 4.69) is 10.3 Å². The number of rotatable bonds is 6. The summed E-state index contributed by atoms with van der Waals surface area (Å²) in [4.78, 5) is 30.8. The van der Waals surface area contributed by atoms with Crippen molar-refractivity contribution in [2.45, 2.75) is 70.4 Å². The molecule has 1 heterocycles. The molecule has 2 N–H and O–H groups in total. The van der Waals surface area contributed by atoms with E-state index in [1.807, 2.05) is 44.3 Å². The van der Waals surface area contributed by atoms with Crippen LogP contribution in [0.2, 0.25) is 0 Å². The van der Waals surface area contributed by atoms with Gasteiger partial charge in [0, 0.05) is 30.2 Å². The molecule has 0 bridgehead atoms. The number of nitrogens with one attached hydrogen (secondary N) is 2. The number of H-pyrrole nitrogens is 1.